The minimum atomic E-state index is -0.392. The lowest BCUT2D eigenvalue weighted by atomic mass is 10.0. The Kier molecular flexibility index (Phi) is 4.52. The molecule has 5 heteroatoms. The Morgan fingerprint density at radius 2 is 1.81 bits per heavy atom. The molecule has 0 unspecified atom stereocenters. The summed E-state index contributed by atoms with van der Waals surface area (Å²) in [7, 11) is 1.63. The van der Waals surface area contributed by atoms with Gasteiger partial charge in [0.1, 0.15) is 5.82 Å². The van der Waals surface area contributed by atoms with Crippen molar-refractivity contribution in [2.24, 2.45) is 0 Å². The first-order valence-electron chi connectivity index (χ1n) is 7.35. The van der Waals surface area contributed by atoms with Gasteiger partial charge in [-0.3, -0.25) is 9.69 Å². The molecular formula is C16H24FN3O. The molecule has 0 atom stereocenters. The van der Waals surface area contributed by atoms with Crippen molar-refractivity contribution in [3.05, 3.63) is 29.6 Å². The summed E-state index contributed by atoms with van der Waals surface area (Å²) in [5, 5.41) is 2.78. The number of anilines is 1. The first-order chi connectivity index (χ1) is 9.84. The van der Waals surface area contributed by atoms with E-state index in [9.17, 15) is 9.18 Å². The highest BCUT2D eigenvalue weighted by molar-refractivity contribution is 5.99. The summed E-state index contributed by atoms with van der Waals surface area (Å²) in [4.78, 5) is 16.8. The van der Waals surface area contributed by atoms with Crippen LogP contribution in [-0.4, -0.2) is 54.5 Å². The van der Waals surface area contributed by atoms with Gasteiger partial charge < -0.3 is 10.2 Å². The third-order valence-electron chi connectivity index (χ3n) is 4.01. The first kappa shape index (κ1) is 15.8. The lowest BCUT2D eigenvalue weighted by Gasteiger charge is -2.42. The van der Waals surface area contributed by atoms with E-state index in [2.05, 4.69) is 31.0 Å². The smallest absolute Gasteiger partial charge is 0.256 e. The molecule has 1 aliphatic heterocycles. The minimum absolute atomic E-state index is 0.104. The van der Waals surface area contributed by atoms with E-state index in [1.54, 1.807) is 24.1 Å². The molecule has 0 saturated carbocycles. The lowest BCUT2D eigenvalue weighted by molar-refractivity contribution is 0.0451. The average molecular weight is 293 g/mol. The van der Waals surface area contributed by atoms with Crippen LogP contribution < -0.4 is 5.32 Å². The quantitative estimate of drug-likeness (QED) is 0.909. The van der Waals surface area contributed by atoms with Crippen LogP contribution in [0.25, 0.3) is 0 Å². The average Bonchev–Trinajstić information content (AvgIpc) is 2.45. The molecule has 1 heterocycles. The van der Waals surface area contributed by atoms with Gasteiger partial charge in [-0.2, -0.15) is 0 Å². The van der Waals surface area contributed by atoms with Crippen LogP contribution in [0.1, 0.15) is 31.1 Å². The summed E-state index contributed by atoms with van der Waals surface area (Å²) in [6.07, 6.45) is 0. The fourth-order valence-corrected chi connectivity index (χ4v) is 2.71. The number of hydrogen-bond acceptors (Lipinski definition) is 3. The van der Waals surface area contributed by atoms with E-state index in [1.807, 2.05) is 0 Å². The van der Waals surface area contributed by atoms with Crippen molar-refractivity contribution in [1.29, 1.82) is 0 Å². The molecule has 1 aromatic carbocycles. The molecule has 1 N–H and O–H groups in total. The highest BCUT2D eigenvalue weighted by atomic mass is 19.1. The fraction of sp³-hybridized carbons (Fsp3) is 0.562. The van der Waals surface area contributed by atoms with E-state index in [0.717, 1.165) is 13.1 Å². The first-order valence-corrected chi connectivity index (χ1v) is 7.35. The maximum Gasteiger partial charge on any atom is 0.256 e. The van der Waals surface area contributed by atoms with Crippen LogP contribution in [0.5, 0.6) is 0 Å². The number of hydrogen-bond donors (Lipinski definition) is 1. The van der Waals surface area contributed by atoms with Gasteiger partial charge in [0.25, 0.3) is 5.91 Å². The van der Waals surface area contributed by atoms with Gasteiger partial charge in [-0.1, -0.05) is 6.07 Å². The molecule has 1 amide bonds. The van der Waals surface area contributed by atoms with Gasteiger partial charge in [0.2, 0.25) is 0 Å². The van der Waals surface area contributed by atoms with Gasteiger partial charge >= 0.3 is 0 Å². The summed E-state index contributed by atoms with van der Waals surface area (Å²) in [5.41, 5.74) is 0.798. The number of para-hydroxylation sites is 1. The Morgan fingerprint density at radius 1 is 1.19 bits per heavy atom. The highest BCUT2D eigenvalue weighted by Gasteiger charge is 2.29. The van der Waals surface area contributed by atoms with Crippen LogP contribution in [0.3, 0.4) is 0 Å². The Morgan fingerprint density at radius 3 is 2.33 bits per heavy atom. The molecule has 0 spiro atoms. The number of carbonyl (C=O) groups excluding carboxylic acids is 1. The van der Waals surface area contributed by atoms with E-state index in [4.69, 9.17) is 0 Å². The van der Waals surface area contributed by atoms with Gasteiger partial charge in [0.05, 0.1) is 11.3 Å². The van der Waals surface area contributed by atoms with Crippen LogP contribution in [0.15, 0.2) is 18.2 Å². The van der Waals surface area contributed by atoms with E-state index in [-0.39, 0.29) is 17.1 Å². The number of amides is 1. The predicted molar refractivity (Wildman–Crippen MR) is 83.2 cm³/mol. The van der Waals surface area contributed by atoms with Gasteiger partial charge in [0.15, 0.2) is 0 Å². The van der Waals surface area contributed by atoms with Crippen molar-refractivity contribution >= 4 is 11.6 Å². The zero-order chi connectivity index (χ0) is 15.6. The Bertz CT molecular complexity index is 517. The van der Waals surface area contributed by atoms with Gasteiger partial charge in [-0.15, -0.1) is 0 Å². The van der Waals surface area contributed by atoms with Crippen LogP contribution in [0, 0.1) is 5.82 Å². The summed E-state index contributed by atoms with van der Waals surface area (Å²) in [6, 6.07) is 4.61. The SMILES string of the molecule is CNc1c(F)cccc1C(=O)N1CCN(C(C)(C)C)CC1. The molecule has 21 heavy (non-hydrogen) atoms. The molecule has 116 valence electrons. The number of benzene rings is 1. The van der Waals surface area contributed by atoms with Gasteiger partial charge in [-0.25, -0.2) is 4.39 Å². The van der Waals surface area contributed by atoms with Crippen LogP contribution in [-0.2, 0) is 0 Å². The Hall–Kier alpha value is -1.62. The van der Waals surface area contributed by atoms with Crippen LogP contribution in [0.2, 0.25) is 0 Å². The van der Waals surface area contributed by atoms with Crippen molar-refractivity contribution in [2.45, 2.75) is 26.3 Å². The molecule has 2 rings (SSSR count). The third kappa shape index (κ3) is 3.35. The lowest BCUT2D eigenvalue weighted by Crippen LogP contribution is -2.54. The monoisotopic (exact) mass is 293 g/mol. The van der Waals surface area contributed by atoms with Gasteiger partial charge in [-0.05, 0) is 32.9 Å². The Balaban J connectivity index is 2.11. The number of nitrogens with one attached hydrogen (secondary N) is 1. The van der Waals surface area contributed by atoms with E-state index in [1.165, 1.54) is 6.07 Å². The standard InChI is InChI=1S/C16H24FN3O/c1-16(2,3)20-10-8-19(9-11-20)15(21)12-6-5-7-13(17)14(12)18-4/h5-7,18H,8-11H2,1-4H3. The molecular weight excluding hydrogens is 269 g/mol. The van der Waals surface area contributed by atoms with Crippen molar-refractivity contribution in [3.8, 4) is 0 Å². The Labute approximate surface area is 125 Å². The van der Waals surface area contributed by atoms with Crippen molar-refractivity contribution in [2.75, 3.05) is 38.5 Å². The number of nitrogens with zero attached hydrogens (tertiary/aromatic N) is 2. The zero-order valence-electron chi connectivity index (χ0n) is 13.2. The summed E-state index contributed by atoms with van der Waals surface area (Å²) in [6.45, 7) is 9.58. The van der Waals surface area contributed by atoms with E-state index >= 15 is 0 Å². The maximum absolute atomic E-state index is 13.8. The van der Waals surface area contributed by atoms with Crippen LogP contribution in [0.4, 0.5) is 10.1 Å². The summed E-state index contributed by atoms with van der Waals surface area (Å²) < 4.78 is 13.8. The maximum atomic E-state index is 13.8. The number of piperazine rings is 1. The summed E-state index contributed by atoms with van der Waals surface area (Å²) >= 11 is 0. The largest absolute Gasteiger partial charge is 0.385 e. The second-order valence-electron chi connectivity index (χ2n) is 6.36. The van der Waals surface area contributed by atoms with E-state index in [0.29, 0.717) is 18.7 Å². The molecule has 1 aliphatic rings. The number of halogens is 1. The van der Waals surface area contributed by atoms with Crippen molar-refractivity contribution in [1.82, 2.24) is 9.80 Å². The van der Waals surface area contributed by atoms with Gasteiger partial charge in [0, 0.05) is 38.8 Å². The second kappa shape index (κ2) is 6.02. The molecule has 0 radical (unpaired) electrons. The molecule has 0 aliphatic carbocycles. The third-order valence-corrected chi connectivity index (χ3v) is 4.01. The summed E-state index contributed by atoms with van der Waals surface area (Å²) in [5.74, 6) is -0.496. The topological polar surface area (TPSA) is 35.6 Å². The zero-order valence-corrected chi connectivity index (χ0v) is 13.2. The molecule has 1 saturated heterocycles. The highest BCUT2D eigenvalue weighted by Crippen LogP contribution is 2.22. The van der Waals surface area contributed by atoms with Crippen molar-refractivity contribution in [3.63, 3.8) is 0 Å². The molecule has 1 aromatic rings. The molecule has 4 nitrogen and oxygen atoms in total. The fourth-order valence-electron chi connectivity index (χ4n) is 2.71. The predicted octanol–water partition coefficient (Wildman–Crippen LogP) is 2.42. The number of rotatable bonds is 2. The van der Waals surface area contributed by atoms with Crippen molar-refractivity contribution < 1.29 is 9.18 Å². The molecule has 0 aromatic heterocycles. The molecule has 1 fully saturated rings. The second-order valence-corrected chi connectivity index (χ2v) is 6.36. The van der Waals surface area contributed by atoms with E-state index < -0.39 is 5.82 Å². The number of carbonyl (C=O) groups is 1. The minimum Gasteiger partial charge on any atom is -0.385 e. The van der Waals surface area contributed by atoms with Crippen LogP contribution >= 0.6 is 0 Å². The molecule has 0 bridgehead atoms. The normalized spacial score (nSPS) is 16.9.